The molecule has 0 aliphatic heterocycles. The average Bonchev–Trinajstić information content (AvgIpc) is 2.43. The molecule has 1 heterocycles. The molecule has 4 rings (SSSR count). The highest BCUT2D eigenvalue weighted by Crippen LogP contribution is 2.32. The lowest BCUT2D eigenvalue weighted by molar-refractivity contribution is 0.104. The zero-order valence-corrected chi connectivity index (χ0v) is 9.55. The van der Waals surface area contributed by atoms with Gasteiger partial charge in [-0.1, -0.05) is 30.3 Å². The van der Waals surface area contributed by atoms with Crippen LogP contribution in [-0.2, 0) is 0 Å². The molecular weight excluding hydrogens is 222 g/mol. The largest absolute Gasteiger partial charge is 0.289 e. The van der Waals surface area contributed by atoms with Crippen LogP contribution < -0.4 is 0 Å². The summed E-state index contributed by atoms with van der Waals surface area (Å²) in [6.45, 7) is 0. The predicted molar refractivity (Wildman–Crippen MR) is 72.6 cm³/mol. The third kappa shape index (κ3) is 1.12. The molecule has 1 aliphatic carbocycles. The number of benzene rings is 2. The van der Waals surface area contributed by atoms with Crippen molar-refractivity contribution in [3.63, 3.8) is 0 Å². The number of carbonyl (C=O) groups excluding carboxylic acids is 1. The number of fused-ring (bicyclic) bond motifs is 2. The highest BCUT2D eigenvalue weighted by Gasteiger charge is 2.17. The molecule has 0 N–H and O–H groups in total. The van der Waals surface area contributed by atoms with Gasteiger partial charge in [0.1, 0.15) is 0 Å². The van der Waals surface area contributed by atoms with E-state index in [0.717, 1.165) is 32.8 Å². The number of hydrogen-bond donors (Lipinski definition) is 0. The highest BCUT2D eigenvalue weighted by atomic mass is 16.1. The minimum atomic E-state index is 0.0613. The van der Waals surface area contributed by atoms with Crippen molar-refractivity contribution in [3.8, 4) is 0 Å². The molecule has 0 amide bonds. The second kappa shape index (κ2) is 3.26. The summed E-state index contributed by atoms with van der Waals surface area (Å²) in [7, 11) is 0. The van der Waals surface area contributed by atoms with E-state index in [1.807, 2.05) is 42.5 Å². The van der Waals surface area contributed by atoms with Gasteiger partial charge in [-0.25, -0.2) is 0 Å². The van der Waals surface area contributed by atoms with Gasteiger partial charge in [0.15, 0.2) is 5.78 Å². The fourth-order valence-corrected chi connectivity index (χ4v) is 2.62. The van der Waals surface area contributed by atoms with Crippen LogP contribution in [0.1, 0.15) is 15.9 Å². The molecule has 2 heteroatoms. The molecule has 0 saturated carbocycles. The van der Waals surface area contributed by atoms with Gasteiger partial charge in [-0.3, -0.25) is 9.78 Å². The van der Waals surface area contributed by atoms with Crippen molar-refractivity contribution in [2.45, 2.75) is 0 Å². The Morgan fingerprint density at radius 1 is 1.00 bits per heavy atom. The first-order valence-corrected chi connectivity index (χ1v) is 5.87. The Labute approximate surface area is 104 Å². The van der Waals surface area contributed by atoms with Gasteiger partial charge in [-0.05, 0) is 29.2 Å². The highest BCUT2D eigenvalue weighted by molar-refractivity contribution is 6.24. The van der Waals surface area contributed by atoms with Gasteiger partial charge in [0.25, 0.3) is 0 Å². The van der Waals surface area contributed by atoms with Crippen LogP contribution in [0.25, 0.3) is 27.8 Å². The molecule has 18 heavy (non-hydrogen) atoms. The first-order chi connectivity index (χ1) is 8.84. The van der Waals surface area contributed by atoms with E-state index in [1.54, 1.807) is 12.3 Å². The van der Waals surface area contributed by atoms with Gasteiger partial charge < -0.3 is 0 Å². The minimum absolute atomic E-state index is 0.0613. The maximum atomic E-state index is 12.0. The second-order valence-electron chi connectivity index (χ2n) is 4.47. The number of carbonyl (C=O) groups is 1. The van der Waals surface area contributed by atoms with Crippen LogP contribution in [0.15, 0.2) is 48.7 Å². The summed E-state index contributed by atoms with van der Waals surface area (Å²) in [6, 6.07) is 12.0. The molecule has 0 radical (unpaired) electrons. The molecule has 3 aromatic rings. The van der Waals surface area contributed by atoms with E-state index < -0.39 is 0 Å². The predicted octanol–water partition coefficient (Wildman–Crippen LogP) is 3.60. The van der Waals surface area contributed by atoms with Gasteiger partial charge in [-0.15, -0.1) is 0 Å². The first kappa shape index (κ1) is 9.54. The minimum Gasteiger partial charge on any atom is -0.289 e. The van der Waals surface area contributed by atoms with E-state index in [9.17, 15) is 4.79 Å². The summed E-state index contributed by atoms with van der Waals surface area (Å²) in [4.78, 5) is 16.5. The van der Waals surface area contributed by atoms with E-state index in [4.69, 9.17) is 0 Å². The molecular formula is C16H9NO. The summed E-state index contributed by atoms with van der Waals surface area (Å²) in [6.07, 6.45) is 5.30. The fourth-order valence-electron chi connectivity index (χ4n) is 2.62. The molecule has 0 saturated heterocycles. The standard InChI is InChI=1S/C16H9NO/c18-14-6-5-10-7-8-17-16-12-4-2-1-3-11(12)9-13(14)15(10)16/h1-9H. The lowest BCUT2D eigenvalue weighted by Crippen LogP contribution is -2.02. The van der Waals surface area contributed by atoms with Crippen LogP contribution in [0.4, 0.5) is 0 Å². The Kier molecular flexibility index (Phi) is 1.73. The van der Waals surface area contributed by atoms with Crippen molar-refractivity contribution in [3.05, 3.63) is 59.8 Å². The molecule has 0 atom stereocenters. The van der Waals surface area contributed by atoms with Gasteiger partial charge in [0.2, 0.25) is 0 Å². The molecule has 2 nitrogen and oxygen atoms in total. The maximum absolute atomic E-state index is 12.0. The number of allylic oxidation sites excluding steroid dienone is 1. The van der Waals surface area contributed by atoms with Gasteiger partial charge in [0.05, 0.1) is 5.52 Å². The molecule has 0 unspecified atom stereocenters. The number of hydrogen-bond acceptors (Lipinski definition) is 2. The normalized spacial score (nSPS) is 13.4. The number of nitrogens with zero attached hydrogens (tertiary/aromatic N) is 1. The third-order valence-electron chi connectivity index (χ3n) is 3.45. The van der Waals surface area contributed by atoms with Crippen LogP contribution in [-0.4, -0.2) is 10.8 Å². The van der Waals surface area contributed by atoms with Crippen LogP contribution in [0.2, 0.25) is 0 Å². The van der Waals surface area contributed by atoms with Crippen molar-refractivity contribution >= 4 is 33.5 Å². The van der Waals surface area contributed by atoms with E-state index >= 15 is 0 Å². The van der Waals surface area contributed by atoms with E-state index in [1.165, 1.54) is 0 Å². The average molecular weight is 231 g/mol. The van der Waals surface area contributed by atoms with Gasteiger partial charge >= 0.3 is 0 Å². The topological polar surface area (TPSA) is 30.0 Å². The molecule has 2 aromatic carbocycles. The first-order valence-electron chi connectivity index (χ1n) is 5.87. The second-order valence-corrected chi connectivity index (χ2v) is 4.47. The zero-order valence-electron chi connectivity index (χ0n) is 9.55. The van der Waals surface area contributed by atoms with Crippen molar-refractivity contribution in [1.29, 1.82) is 0 Å². The van der Waals surface area contributed by atoms with Crippen molar-refractivity contribution in [2.75, 3.05) is 0 Å². The Balaban J connectivity index is 2.36. The number of pyridine rings is 1. The number of rotatable bonds is 0. The van der Waals surface area contributed by atoms with E-state index in [0.29, 0.717) is 0 Å². The van der Waals surface area contributed by atoms with Crippen LogP contribution in [0.5, 0.6) is 0 Å². The maximum Gasteiger partial charge on any atom is 0.186 e. The summed E-state index contributed by atoms with van der Waals surface area (Å²) >= 11 is 0. The quantitative estimate of drug-likeness (QED) is 0.553. The molecule has 1 aliphatic rings. The van der Waals surface area contributed by atoms with Gasteiger partial charge in [0, 0.05) is 22.5 Å². The van der Waals surface area contributed by atoms with Crippen molar-refractivity contribution in [2.24, 2.45) is 0 Å². The number of ketones is 1. The van der Waals surface area contributed by atoms with Crippen LogP contribution in [0, 0.1) is 0 Å². The summed E-state index contributed by atoms with van der Waals surface area (Å²) in [5.74, 6) is 0.0613. The summed E-state index contributed by atoms with van der Waals surface area (Å²) in [5, 5.41) is 3.14. The SMILES string of the molecule is O=C1C=Cc2ccnc3c2c1cc1ccccc13. The van der Waals surface area contributed by atoms with Crippen molar-refractivity contribution < 1.29 is 4.79 Å². The number of aromatic nitrogens is 1. The molecule has 1 aromatic heterocycles. The molecule has 0 spiro atoms. The lowest BCUT2D eigenvalue weighted by atomic mass is 9.91. The van der Waals surface area contributed by atoms with E-state index in [-0.39, 0.29) is 5.78 Å². The molecule has 0 fully saturated rings. The van der Waals surface area contributed by atoms with Crippen LogP contribution >= 0.6 is 0 Å². The Morgan fingerprint density at radius 3 is 2.83 bits per heavy atom. The monoisotopic (exact) mass is 231 g/mol. The molecule has 84 valence electrons. The summed E-state index contributed by atoms with van der Waals surface area (Å²) < 4.78 is 0. The lowest BCUT2D eigenvalue weighted by Gasteiger charge is -2.13. The zero-order chi connectivity index (χ0) is 12.1. The van der Waals surface area contributed by atoms with Gasteiger partial charge in [-0.2, -0.15) is 0 Å². The van der Waals surface area contributed by atoms with E-state index in [2.05, 4.69) is 4.98 Å². The third-order valence-corrected chi connectivity index (χ3v) is 3.45. The van der Waals surface area contributed by atoms with Crippen LogP contribution in [0.3, 0.4) is 0 Å². The fraction of sp³-hybridized carbons (Fsp3) is 0. The Morgan fingerprint density at radius 2 is 1.89 bits per heavy atom. The Bertz CT molecular complexity index is 846. The Hall–Kier alpha value is -2.48. The molecule has 0 bridgehead atoms. The van der Waals surface area contributed by atoms with Crippen molar-refractivity contribution in [1.82, 2.24) is 4.98 Å². The summed E-state index contributed by atoms with van der Waals surface area (Å²) in [5.41, 5.74) is 2.74. The smallest absolute Gasteiger partial charge is 0.186 e.